The van der Waals surface area contributed by atoms with Gasteiger partial charge in [-0.1, -0.05) is 30.4 Å². The van der Waals surface area contributed by atoms with E-state index < -0.39 is 4.92 Å². The second kappa shape index (κ2) is 9.17. The summed E-state index contributed by atoms with van der Waals surface area (Å²) in [6.07, 6.45) is 1.74. The van der Waals surface area contributed by atoms with E-state index in [2.05, 4.69) is 27.2 Å². The second-order valence-corrected chi connectivity index (χ2v) is 5.57. The minimum atomic E-state index is -0.415. The van der Waals surface area contributed by atoms with Crippen LogP contribution in [-0.4, -0.2) is 22.4 Å². The summed E-state index contributed by atoms with van der Waals surface area (Å²) < 4.78 is 0. The van der Waals surface area contributed by atoms with E-state index in [0.717, 1.165) is 16.8 Å². The Morgan fingerprint density at radius 3 is 2.60 bits per heavy atom. The van der Waals surface area contributed by atoms with Crippen LogP contribution in [-0.2, 0) is 13.1 Å². The minimum Gasteiger partial charge on any atom is -0.353 e. The van der Waals surface area contributed by atoms with Crippen molar-refractivity contribution in [1.82, 2.24) is 15.6 Å². The molecule has 0 radical (unpaired) electrons. The highest BCUT2D eigenvalue weighted by Gasteiger charge is 2.04. The maximum absolute atomic E-state index is 10.7. The molecule has 2 rings (SSSR count). The number of non-ortho nitro benzene ring substituents is 1. The first-order chi connectivity index (χ1) is 12.0. The van der Waals surface area contributed by atoms with Crippen LogP contribution >= 0.6 is 0 Å². The average Bonchev–Trinajstić information content (AvgIpc) is 2.62. The monoisotopic (exact) mass is 339 g/mol. The molecule has 0 spiro atoms. The molecule has 0 fully saturated rings. The first-order valence-electron chi connectivity index (χ1n) is 7.84. The predicted molar refractivity (Wildman–Crippen MR) is 98.1 cm³/mol. The summed E-state index contributed by atoms with van der Waals surface area (Å²) in [6, 6.07) is 12.1. The summed E-state index contributed by atoms with van der Waals surface area (Å²) in [7, 11) is 0. The van der Waals surface area contributed by atoms with Crippen molar-refractivity contribution in [2.24, 2.45) is 4.99 Å². The molecule has 0 aliphatic rings. The zero-order chi connectivity index (χ0) is 18.1. The molecule has 0 unspecified atom stereocenters. The summed E-state index contributed by atoms with van der Waals surface area (Å²) >= 11 is 0. The Bertz CT molecular complexity index is 742. The van der Waals surface area contributed by atoms with Crippen molar-refractivity contribution in [1.29, 1.82) is 0 Å². The number of guanidine groups is 1. The number of nitro benzene ring substituents is 1. The first-order valence-corrected chi connectivity index (χ1v) is 7.84. The molecule has 0 aliphatic carbocycles. The molecule has 2 aromatic rings. The van der Waals surface area contributed by atoms with Crippen molar-refractivity contribution in [2.45, 2.75) is 20.0 Å². The molecular weight excluding hydrogens is 318 g/mol. The fourth-order valence-corrected chi connectivity index (χ4v) is 1.98. The fraction of sp³-hybridized carbons (Fsp3) is 0.222. The van der Waals surface area contributed by atoms with Crippen LogP contribution in [0.15, 0.2) is 65.8 Å². The lowest BCUT2D eigenvalue weighted by Gasteiger charge is -2.12. The maximum Gasteiger partial charge on any atom is 0.269 e. The normalized spacial score (nSPS) is 11.0. The molecule has 1 heterocycles. The van der Waals surface area contributed by atoms with Crippen LogP contribution in [0.5, 0.6) is 0 Å². The van der Waals surface area contributed by atoms with Crippen LogP contribution in [0.4, 0.5) is 5.69 Å². The number of aromatic nitrogens is 1. The molecule has 130 valence electrons. The molecule has 0 amide bonds. The number of nitro groups is 1. The Morgan fingerprint density at radius 2 is 2.00 bits per heavy atom. The van der Waals surface area contributed by atoms with Crippen molar-refractivity contribution in [3.05, 3.63) is 82.2 Å². The van der Waals surface area contributed by atoms with E-state index in [-0.39, 0.29) is 5.69 Å². The number of aliphatic imine (C=N–C) groups is 1. The van der Waals surface area contributed by atoms with Crippen LogP contribution in [0.25, 0.3) is 0 Å². The van der Waals surface area contributed by atoms with Gasteiger partial charge in [-0.05, 0) is 24.6 Å². The Kier molecular flexibility index (Phi) is 6.65. The smallest absolute Gasteiger partial charge is 0.269 e. The van der Waals surface area contributed by atoms with Gasteiger partial charge in [-0.3, -0.25) is 15.1 Å². The van der Waals surface area contributed by atoms with Crippen molar-refractivity contribution in [3.8, 4) is 0 Å². The SMILES string of the molecule is C=C(C)CNC(=NCc1ccc([N+](=O)[O-])cc1)NCc1ccccn1. The van der Waals surface area contributed by atoms with Gasteiger partial charge in [0.05, 0.1) is 23.7 Å². The van der Waals surface area contributed by atoms with E-state index in [1.54, 1.807) is 18.3 Å². The molecule has 0 bridgehead atoms. The summed E-state index contributed by atoms with van der Waals surface area (Å²) in [5.41, 5.74) is 2.85. The molecule has 0 atom stereocenters. The fourth-order valence-electron chi connectivity index (χ4n) is 1.98. The molecule has 0 saturated carbocycles. The molecule has 7 nitrogen and oxygen atoms in total. The third kappa shape index (κ3) is 6.42. The van der Waals surface area contributed by atoms with Crippen LogP contribution in [0.2, 0.25) is 0 Å². The summed E-state index contributed by atoms with van der Waals surface area (Å²) in [5.74, 6) is 0.631. The molecule has 7 heteroatoms. The van der Waals surface area contributed by atoms with Gasteiger partial charge in [-0.25, -0.2) is 4.99 Å². The van der Waals surface area contributed by atoms with Gasteiger partial charge < -0.3 is 10.6 Å². The number of nitrogens with zero attached hydrogens (tertiary/aromatic N) is 3. The summed E-state index contributed by atoms with van der Waals surface area (Å²) in [5, 5.41) is 17.1. The average molecular weight is 339 g/mol. The number of hydrogen-bond donors (Lipinski definition) is 2. The molecule has 25 heavy (non-hydrogen) atoms. The zero-order valence-electron chi connectivity index (χ0n) is 14.1. The van der Waals surface area contributed by atoms with E-state index >= 15 is 0 Å². The third-order valence-electron chi connectivity index (χ3n) is 3.29. The number of nitrogens with one attached hydrogen (secondary N) is 2. The van der Waals surface area contributed by atoms with Crippen molar-refractivity contribution in [3.63, 3.8) is 0 Å². The number of rotatable bonds is 7. The topological polar surface area (TPSA) is 92.5 Å². The van der Waals surface area contributed by atoms with Gasteiger partial charge in [-0.2, -0.15) is 0 Å². The van der Waals surface area contributed by atoms with E-state index in [1.807, 2.05) is 25.1 Å². The molecule has 2 N–H and O–H groups in total. The van der Waals surface area contributed by atoms with Crippen molar-refractivity contribution in [2.75, 3.05) is 6.54 Å². The Labute approximate surface area is 146 Å². The minimum absolute atomic E-state index is 0.0710. The van der Waals surface area contributed by atoms with Gasteiger partial charge in [-0.15, -0.1) is 0 Å². The van der Waals surface area contributed by atoms with E-state index in [9.17, 15) is 10.1 Å². The highest BCUT2D eigenvalue weighted by atomic mass is 16.6. The third-order valence-corrected chi connectivity index (χ3v) is 3.29. The molecule has 1 aromatic heterocycles. The van der Waals surface area contributed by atoms with Gasteiger partial charge in [0, 0.05) is 24.9 Å². The lowest BCUT2D eigenvalue weighted by Crippen LogP contribution is -2.37. The Morgan fingerprint density at radius 1 is 1.24 bits per heavy atom. The van der Waals surface area contributed by atoms with Crippen LogP contribution in [0.1, 0.15) is 18.2 Å². The van der Waals surface area contributed by atoms with E-state index in [1.165, 1.54) is 12.1 Å². The predicted octanol–water partition coefficient (Wildman–Crippen LogP) is 2.80. The number of pyridine rings is 1. The van der Waals surface area contributed by atoms with E-state index in [4.69, 9.17) is 0 Å². The first kappa shape index (κ1) is 18.1. The van der Waals surface area contributed by atoms with Gasteiger partial charge in [0.1, 0.15) is 0 Å². The van der Waals surface area contributed by atoms with Crippen LogP contribution in [0, 0.1) is 10.1 Å². The molecule has 0 aliphatic heterocycles. The van der Waals surface area contributed by atoms with Crippen molar-refractivity contribution < 1.29 is 4.92 Å². The Hall–Kier alpha value is -3.22. The lowest BCUT2D eigenvalue weighted by atomic mass is 10.2. The molecular formula is C18H21N5O2. The van der Waals surface area contributed by atoms with Crippen molar-refractivity contribution >= 4 is 11.6 Å². The highest BCUT2D eigenvalue weighted by Crippen LogP contribution is 2.12. The Balaban J connectivity index is 2.01. The second-order valence-electron chi connectivity index (χ2n) is 5.57. The lowest BCUT2D eigenvalue weighted by molar-refractivity contribution is -0.384. The van der Waals surface area contributed by atoms with Gasteiger partial charge in [0.2, 0.25) is 0 Å². The summed E-state index contributed by atoms with van der Waals surface area (Å²) in [4.78, 5) is 19.1. The quantitative estimate of drug-likeness (QED) is 0.266. The maximum atomic E-state index is 10.7. The van der Waals surface area contributed by atoms with Gasteiger partial charge >= 0.3 is 0 Å². The highest BCUT2D eigenvalue weighted by molar-refractivity contribution is 5.80. The van der Waals surface area contributed by atoms with E-state index in [0.29, 0.717) is 25.6 Å². The van der Waals surface area contributed by atoms with Gasteiger partial charge in [0.25, 0.3) is 5.69 Å². The number of benzene rings is 1. The standard InChI is InChI=1S/C18H21N5O2/c1-14(2)11-20-18(22-13-16-5-3-4-10-19-16)21-12-15-6-8-17(9-7-15)23(24)25/h3-10H,1,11-13H2,2H3,(H2,20,21,22). The van der Waals surface area contributed by atoms with Crippen LogP contribution in [0.3, 0.4) is 0 Å². The summed E-state index contributed by atoms with van der Waals surface area (Å²) in [6.45, 7) is 7.36. The molecule has 1 aromatic carbocycles. The zero-order valence-corrected chi connectivity index (χ0v) is 14.1. The van der Waals surface area contributed by atoms with Crippen LogP contribution < -0.4 is 10.6 Å². The van der Waals surface area contributed by atoms with Gasteiger partial charge in [0.15, 0.2) is 5.96 Å². The largest absolute Gasteiger partial charge is 0.353 e. The molecule has 0 saturated heterocycles. The number of hydrogen-bond acceptors (Lipinski definition) is 4.